The second kappa shape index (κ2) is 6.91. The number of nitrogens with one attached hydrogen (secondary N) is 1. The van der Waals surface area contributed by atoms with E-state index in [9.17, 15) is 4.79 Å². The third-order valence-corrected chi connectivity index (χ3v) is 8.85. The van der Waals surface area contributed by atoms with Gasteiger partial charge in [0.15, 0.2) is 0 Å². The van der Waals surface area contributed by atoms with Crippen LogP contribution in [0.15, 0.2) is 0 Å². The number of carbonyl (C=O) groups excluding carboxylic acids is 1. The summed E-state index contributed by atoms with van der Waals surface area (Å²) >= 11 is 0. The molecule has 0 aromatic carbocycles. The summed E-state index contributed by atoms with van der Waals surface area (Å²) in [5.74, 6) is 5.58. The molecule has 2 nitrogen and oxygen atoms in total. The monoisotopic (exact) mass is 353 g/mol. The number of fused-ring (bicyclic) bond motifs is 5. The first-order valence-corrected chi connectivity index (χ1v) is 10.2. The summed E-state index contributed by atoms with van der Waals surface area (Å²) < 4.78 is 0. The lowest BCUT2D eigenvalue weighted by atomic mass is 9.49. The molecule has 0 heterocycles. The zero-order valence-corrected chi connectivity index (χ0v) is 16.5. The molecule has 1 unspecified atom stereocenters. The normalized spacial score (nSPS) is 50.2. The van der Waals surface area contributed by atoms with E-state index >= 15 is 0 Å². The molecule has 0 aromatic rings. The summed E-state index contributed by atoms with van der Waals surface area (Å²) in [7, 11) is 2.14. The lowest BCUT2D eigenvalue weighted by molar-refractivity contribution is -0.128. The first kappa shape index (κ1) is 18.7. The van der Waals surface area contributed by atoms with Gasteiger partial charge in [-0.3, -0.25) is 4.79 Å². The predicted molar refractivity (Wildman–Crippen MR) is 101 cm³/mol. The van der Waals surface area contributed by atoms with E-state index in [0.29, 0.717) is 17.1 Å². The molecule has 8 atom stereocenters. The molecular formula is C21H36ClNO. The molecule has 0 aliphatic heterocycles. The molecule has 0 amide bonds. The maximum absolute atomic E-state index is 12.2. The van der Waals surface area contributed by atoms with Crippen molar-refractivity contribution in [2.45, 2.75) is 77.7 Å². The van der Waals surface area contributed by atoms with Gasteiger partial charge >= 0.3 is 0 Å². The van der Waals surface area contributed by atoms with Crippen molar-refractivity contribution in [1.29, 1.82) is 0 Å². The average Bonchev–Trinajstić information content (AvgIpc) is 2.91. The Kier molecular flexibility index (Phi) is 5.39. The number of hydrogen-bond acceptors (Lipinski definition) is 2. The second-order valence-electron chi connectivity index (χ2n) is 9.52. The molecule has 4 aliphatic carbocycles. The van der Waals surface area contributed by atoms with Gasteiger partial charge in [-0.1, -0.05) is 6.92 Å². The van der Waals surface area contributed by atoms with Crippen LogP contribution in [0.2, 0.25) is 0 Å². The van der Waals surface area contributed by atoms with Gasteiger partial charge in [0.1, 0.15) is 5.78 Å². The molecule has 0 saturated heterocycles. The molecule has 4 aliphatic rings. The van der Waals surface area contributed by atoms with Gasteiger partial charge in [-0.2, -0.15) is 0 Å². The number of Topliss-reactive ketones (excluding diaryl/α,β-unsaturated/α-hetero) is 1. The standard InChI is InChI=1S/C21H35NO.ClH/c1-13(23)19-8-9-20-18-6-4-14-12-15(22-3)5-7-16(14)17(18)10-11-21(19,20)2;/h14-20,22H,4-12H2,1-3H3;1H/t14-,15-,16+,17-,18-,19?,20+,21-;/m1./s1. The lowest BCUT2D eigenvalue weighted by Gasteiger charge is -2.56. The smallest absolute Gasteiger partial charge is 0.133 e. The third kappa shape index (κ3) is 2.76. The van der Waals surface area contributed by atoms with E-state index in [-0.39, 0.29) is 12.4 Å². The van der Waals surface area contributed by atoms with Crippen molar-refractivity contribution in [2.75, 3.05) is 7.05 Å². The van der Waals surface area contributed by atoms with Gasteiger partial charge in [0.05, 0.1) is 0 Å². The summed E-state index contributed by atoms with van der Waals surface area (Å²) in [4.78, 5) is 12.2. The fourth-order valence-corrected chi connectivity index (χ4v) is 7.78. The highest BCUT2D eigenvalue weighted by Crippen LogP contribution is 2.64. The largest absolute Gasteiger partial charge is 0.317 e. The fraction of sp³-hybridized carbons (Fsp3) is 0.952. The van der Waals surface area contributed by atoms with Gasteiger partial charge in [-0.25, -0.2) is 0 Å². The number of rotatable bonds is 2. The van der Waals surface area contributed by atoms with E-state index in [1.807, 2.05) is 6.92 Å². The molecule has 3 heteroatoms. The van der Waals surface area contributed by atoms with Crippen LogP contribution in [0.3, 0.4) is 0 Å². The maximum atomic E-state index is 12.2. The van der Waals surface area contributed by atoms with Crippen LogP contribution < -0.4 is 5.32 Å². The highest BCUT2D eigenvalue weighted by molar-refractivity contribution is 5.85. The van der Waals surface area contributed by atoms with E-state index in [2.05, 4.69) is 19.3 Å². The van der Waals surface area contributed by atoms with Crippen molar-refractivity contribution in [1.82, 2.24) is 5.32 Å². The average molecular weight is 354 g/mol. The van der Waals surface area contributed by atoms with Gasteiger partial charge < -0.3 is 5.32 Å². The maximum Gasteiger partial charge on any atom is 0.133 e. The Morgan fingerprint density at radius 2 is 1.71 bits per heavy atom. The zero-order valence-electron chi connectivity index (χ0n) is 15.7. The minimum Gasteiger partial charge on any atom is -0.317 e. The van der Waals surface area contributed by atoms with Crippen LogP contribution in [0.4, 0.5) is 0 Å². The second-order valence-corrected chi connectivity index (χ2v) is 9.52. The number of carbonyl (C=O) groups is 1. The van der Waals surface area contributed by atoms with E-state index in [4.69, 9.17) is 0 Å². The Balaban J connectivity index is 0.00000169. The van der Waals surface area contributed by atoms with E-state index < -0.39 is 0 Å². The van der Waals surface area contributed by atoms with Gasteiger partial charge in [0.2, 0.25) is 0 Å². The minimum atomic E-state index is 0. The van der Waals surface area contributed by atoms with Crippen LogP contribution in [0, 0.1) is 40.9 Å². The van der Waals surface area contributed by atoms with Crippen molar-refractivity contribution in [3.8, 4) is 0 Å². The van der Waals surface area contributed by atoms with E-state index in [1.165, 1.54) is 57.8 Å². The Morgan fingerprint density at radius 3 is 2.42 bits per heavy atom. The Morgan fingerprint density at radius 1 is 0.958 bits per heavy atom. The van der Waals surface area contributed by atoms with Crippen molar-refractivity contribution in [3.63, 3.8) is 0 Å². The fourth-order valence-electron chi connectivity index (χ4n) is 7.78. The van der Waals surface area contributed by atoms with Crippen LogP contribution in [-0.4, -0.2) is 18.9 Å². The highest BCUT2D eigenvalue weighted by atomic mass is 35.5. The zero-order chi connectivity index (χ0) is 16.2. The number of ketones is 1. The summed E-state index contributed by atoms with van der Waals surface area (Å²) in [5.41, 5.74) is 0.335. The molecule has 0 radical (unpaired) electrons. The molecule has 4 rings (SSSR count). The predicted octanol–water partition coefficient (Wildman–Crippen LogP) is 4.85. The van der Waals surface area contributed by atoms with Gasteiger partial charge in [0, 0.05) is 12.0 Å². The van der Waals surface area contributed by atoms with Crippen LogP contribution >= 0.6 is 12.4 Å². The minimum absolute atomic E-state index is 0. The van der Waals surface area contributed by atoms with Crippen molar-refractivity contribution in [3.05, 3.63) is 0 Å². The first-order chi connectivity index (χ1) is 11.0. The van der Waals surface area contributed by atoms with Crippen molar-refractivity contribution >= 4 is 18.2 Å². The SMILES string of the molecule is CN[C@@H]1CC[C@H]2[C@H](CC[C@@H]3[C@@H]2CC[C@]2(C)C(C(C)=O)CC[C@@H]32)C1.Cl. The Hall–Kier alpha value is -0.0800. The third-order valence-electron chi connectivity index (χ3n) is 8.85. The van der Waals surface area contributed by atoms with Gasteiger partial charge in [-0.05, 0) is 107 Å². The van der Waals surface area contributed by atoms with Crippen LogP contribution in [-0.2, 0) is 4.79 Å². The van der Waals surface area contributed by atoms with Crippen LogP contribution in [0.25, 0.3) is 0 Å². The summed E-state index contributed by atoms with van der Waals surface area (Å²) in [5, 5.41) is 3.53. The van der Waals surface area contributed by atoms with E-state index in [1.54, 1.807) is 0 Å². The first-order valence-electron chi connectivity index (χ1n) is 10.2. The summed E-state index contributed by atoms with van der Waals surface area (Å²) in [6.45, 7) is 4.32. The quantitative estimate of drug-likeness (QED) is 0.768. The molecule has 0 spiro atoms. The molecule has 138 valence electrons. The number of hydrogen-bond donors (Lipinski definition) is 1. The van der Waals surface area contributed by atoms with Crippen LogP contribution in [0.1, 0.15) is 71.6 Å². The van der Waals surface area contributed by atoms with E-state index in [0.717, 1.165) is 35.6 Å². The molecule has 4 fully saturated rings. The van der Waals surface area contributed by atoms with Crippen LogP contribution in [0.5, 0.6) is 0 Å². The molecule has 0 aromatic heterocycles. The molecular weight excluding hydrogens is 318 g/mol. The van der Waals surface area contributed by atoms with Crippen molar-refractivity contribution in [2.24, 2.45) is 40.9 Å². The molecule has 4 saturated carbocycles. The Bertz CT molecular complexity index is 480. The lowest BCUT2D eigenvalue weighted by Crippen LogP contribution is -2.50. The Labute approximate surface area is 154 Å². The summed E-state index contributed by atoms with van der Waals surface area (Å²) in [6, 6.07) is 0.773. The molecule has 24 heavy (non-hydrogen) atoms. The van der Waals surface area contributed by atoms with Crippen molar-refractivity contribution < 1.29 is 4.79 Å². The number of halogens is 1. The van der Waals surface area contributed by atoms with Gasteiger partial charge in [0.25, 0.3) is 0 Å². The molecule has 1 N–H and O–H groups in total. The molecule has 0 bridgehead atoms. The van der Waals surface area contributed by atoms with Gasteiger partial charge in [-0.15, -0.1) is 12.4 Å². The topological polar surface area (TPSA) is 29.1 Å². The highest BCUT2D eigenvalue weighted by Gasteiger charge is 2.57. The summed E-state index contributed by atoms with van der Waals surface area (Å²) in [6.07, 6.45) is 12.4.